The zero-order valence-electron chi connectivity index (χ0n) is 75.1. The number of allylic oxidation sites excluding steroid dienone is 1. The van der Waals surface area contributed by atoms with Crippen molar-refractivity contribution in [3.8, 4) is 115 Å². The molecule has 2 aliphatic rings. The van der Waals surface area contributed by atoms with Crippen molar-refractivity contribution in [2.24, 2.45) is 0 Å². The van der Waals surface area contributed by atoms with Gasteiger partial charge in [0.05, 0.1) is 55.5 Å². The van der Waals surface area contributed by atoms with Crippen molar-refractivity contribution >= 4 is 53.2 Å². The zero-order valence-corrected chi connectivity index (χ0v) is 75.9. The molecule has 0 aromatic heterocycles. The quantitative estimate of drug-likeness (QED) is 0.0123. The Morgan fingerprint density at radius 3 is 1.10 bits per heavy atom. The van der Waals surface area contributed by atoms with E-state index in [1.165, 1.54) is 80.6 Å². The number of ether oxygens (including phenoxy) is 18. The second kappa shape index (κ2) is 56.3. The van der Waals surface area contributed by atoms with Gasteiger partial charge in [-0.05, 0) is 149 Å². The Balaban J connectivity index is 0.000000396. The molecule has 0 radical (unpaired) electrons. The first-order chi connectivity index (χ1) is 61.2. The van der Waals surface area contributed by atoms with Crippen LogP contribution in [0.4, 0.5) is 0 Å². The fraction of sp³-hybridized carbons (Fsp3) is 0.299. The summed E-state index contributed by atoms with van der Waals surface area (Å²) >= 11 is 0. The molecule has 0 fully saturated rings. The molecule has 2 atom stereocenters. The molecular weight excluding hydrogens is 1710 g/mol. The number of rotatable bonds is 29. The summed E-state index contributed by atoms with van der Waals surface area (Å²) in [6.07, 6.45) is 2.73. The van der Waals surface area contributed by atoms with Crippen LogP contribution < -0.4 is 61.6 Å². The first-order valence-corrected chi connectivity index (χ1v) is 38.9. The van der Waals surface area contributed by atoms with Crippen LogP contribution >= 0.6 is 12.4 Å². The number of aliphatic hydroxyl groups excluding tert-OH is 1. The normalized spacial score (nSPS) is 12.1. The van der Waals surface area contributed by atoms with Gasteiger partial charge < -0.3 is 126 Å². The zero-order chi connectivity index (χ0) is 94.9. The maximum atomic E-state index is 12.7. The van der Waals surface area contributed by atoms with Crippen molar-refractivity contribution < 1.29 is 155 Å². The largest absolute Gasteiger partial charge is 0.508 e. The number of ketones is 6. The van der Waals surface area contributed by atoms with Gasteiger partial charge in [-0.15, -0.1) is 12.4 Å². The number of aliphatic hydroxyl groups is 1. The molecule has 12 rings (SSSR count). The first kappa shape index (κ1) is 110. The summed E-state index contributed by atoms with van der Waals surface area (Å²) in [6.45, 7) is 12.1. The molecule has 32 nitrogen and oxygen atoms in total. The van der Waals surface area contributed by atoms with Crippen molar-refractivity contribution in [3.63, 3.8) is 0 Å². The standard InChI is InChI=1S/2C20H22O6.C16H14O4.2C11H14O4.C9H12O3.C8H8O4.CH4O.CH4.ClH/c1-13-8-18(25-12-23-3)20-16(21)10-17(26-19(20)9-13)14-4-6-15(7-5-14)24-11-22-2;1-14-10-18(22)20(19(11-14)26-13-24-3)17(21)9-6-15-4-7-16(8-5-15)25-12-23-2;1-9-2-4-10(5-3-9)14-8-13(19)16-12(18)6-11(17)7-15(16)20-14;1-7(12)11-9(14-3)5-8(13-2)6-10(11)15-4;1-7-4-9(13)11(8(2)12)10(5-7)15-6-14-3;1-10-7-4-8(11-2)6-9(5-7)12-3;1-4(9)8-6(11)2-5(10)3-7(8)12;1-2;;/h4-9,17H,10-12H2,1-3H3;4-11,22H,12-13H2,1-3H3;2-7,14,17-18H,8H2,1H3;5-6H,1-4H3;4-5,13H,6H2,1-3H3;4-6H,1-3H3;2-3,10-12H,1H3;2H,1H3;1H4;1H/b;9-6+;;;;;;;;. The van der Waals surface area contributed by atoms with Crippen LogP contribution in [0, 0.1) is 27.7 Å². The highest BCUT2D eigenvalue weighted by atomic mass is 35.5. The minimum absolute atomic E-state index is 0. The molecule has 702 valence electrons. The van der Waals surface area contributed by atoms with Gasteiger partial charge >= 0.3 is 0 Å². The van der Waals surface area contributed by atoms with Crippen molar-refractivity contribution in [1.82, 2.24) is 0 Å². The molecule has 0 saturated heterocycles. The summed E-state index contributed by atoms with van der Waals surface area (Å²) in [4.78, 5) is 70.9. The summed E-state index contributed by atoms with van der Waals surface area (Å²) in [5.74, 6) is 3.91. The third-order valence-electron chi connectivity index (χ3n) is 17.9. The van der Waals surface area contributed by atoms with Crippen LogP contribution in [-0.2, 0) is 23.7 Å². The Morgan fingerprint density at radius 1 is 0.346 bits per heavy atom. The maximum absolute atomic E-state index is 12.7. The third kappa shape index (κ3) is 33.3. The highest BCUT2D eigenvalue weighted by molar-refractivity contribution is 6.11. The highest BCUT2D eigenvalue weighted by Crippen LogP contribution is 2.44. The molecule has 0 amide bonds. The minimum Gasteiger partial charge on any atom is -0.508 e. The second-order valence-corrected chi connectivity index (χ2v) is 27.4. The van der Waals surface area contributed by atoms with E-state index < -0.39 is 23.4 Å². The molecule has 2 aliphatic heterocycles. The van der Waals surface area contributed by atoms with E-state index in [1.807, 2.05) is 93.6 Å². The van der Waals surface area contributed by atoms with Crippen molar-refractivity contribution in [1.29, 1.82) is 0 Å². The Labute approximate surface area is 761 Å². The van der Waals surface area contributed by atoms with Crippen molar-refractivity contribution in [2.75, 3.05) is 119 Å². The number of fused-ring (bicyclic) bond motifs is 2. The first-order valence-electron chi connectivity index (χ1n) is 38.9. The lowest BCUT2D eigenvalue weighted by Crippen LogP contribution is -2.21. The van der Waals surface area contributed by atoms with Gasteiger partial charge in [0.1, 0.15) is 161 Å². The number of hydrogen-bond donors (Lipinski definition) is 8. The number of benzene rings is 10. The number of methoxy groups -OCH3 is 11. The number of hydrogen-bond acceptors (Lipinski definition) is 32. The highest BCUT2D eigenvalue weighted by Gasteiger charge is 2.33. The molecule has 10 aromatic rings. The number of phenolic OH excluding ortho intramolecular Hbond substituents is 7. The SMILES string of the molecule is C.CC(=O)c1c(O)cc(O)cc1O.CO.COCOc1cc(C)cc(O)c1C(C)=O.COCOc1ccc(/C=C/C(=O)c2c(O)cc(C)cc2OCOC)cc1.COCOc1ccc(C2CC(=O)c3c(OCOC)cc(C)cc3O2)cc1.COc1cc(OC)c(C(C)=O)c(OC)c1.COc1cc(OC)cc(OC)c1.Cc1ccc(C2CC(=O)c3c(O)cc(O)cc3O2)cc1.Cl. The average molecular weight is 1830 g/mol. The molecule has 10 aromatic carbocycles. The number of phenols is 7. The molecule has 2 unspecified atom stereocenters. The maximum Gasteiger partial charge on any atom is 0.193 e. The van der Waals surface area contributed by atoms with Crippen LogP contribution in [0.25, 0.3) is 6.08 Å². The predicted octanol–water partition coefficient (Wildman–Crippen LogP) is 17.5. The van der Waals surface area contributed by atoms with Gasteiger partial charge in [0.15, 0.2) is 68.7 Å². The Kier molecular flexibility index (Phi) is 47.7. The monoisotopic (exact) mass is 1830 g/mol. The Bertz CT molecular complexity index is 5240. The molecule has 130 heavy (non-hydrogen) atoms. The van der Waals surface area contributed by atoms with E-state index in [4.69, 9.17) is 106 Å². The smallest absolute Gasteiger partial charge is 0.193 e. The van der Waals surface area contributed by atoms with Crippen LogP contribution in [0.1, 0.15) is 154 Å². The van der Waals surface area contributed by atoms with Gasteiger partial charge in [0.25, 0.3) is 0 Å². The fourth-order valence-electron chi connectivity index (χ4n) is 12.1. The van der Waals surface area contributed by atoms with E-state index in [-0.39, 0.29) is 164 Å². The topological polar surface area (TPSA) is 430 Å². The molecule has 0 bridgehead atoms. The summed E-state index contributed by atoms with van der Waals surface area (Å²) in [6, 6.07) is 45.7. The molecule has 0 spiro atoms. The minimum atomic E-state index is -0.454. The summed E-state index contributed by atoms with van der Waals surface area (Å²) < 4.78 is 93.4. The van der Waals surface area contributed by atoms with Gasteiger partial charge in [-0.1, -0.05) is 67.6 Å². The number of aryl methyl sites for hydroxylation is 4. The van der Waals surface area contributed by atoms with Crippen LogP contribution in [0.2, 0.25) is 0 Å². The summed E-state index contributed by atoms with van der Waals surface area (Å²) in [5.41, 5.74) is 7.48. The average Bonchev–Trinajstić information content (AvgIpc) is 0.781. The lowest BCUT2D eigenvalue weighted by Gasteiger charge is -2.27. The molecular formula is C97H115ClO32. The molecule has 8 N–H and O–H groups in total. The number of Topliss-reactive ketones (excluding diaryl/α,β-unsaturated/α-hetero) is 5. The van der Waals surface area contributed by atoms with Crippen molar-refractivity contribution in [2.45, 2.75) is 80.9 Å². The van der Waals surface area contributed by atoms with Gasteiger partial charge in [-0.2, -0.15) is 0 Å². The van der Waals surface area contributed by atoms with E-state index in [0.29, 0.717) is 57.1 Å². The van der Waals surface area contributed by atoms with Gasteiger partial charge in [0.2, 0.25) is 0 Å². The lowest BCUT2D eigenvalue weighted by atomic mass is 9.94. The van der Waals surface area contributed by atoms with Crippen molar-refractivity contribution in [3.05, 3.63) is 242 Å². The number of halogens is 1. The third-order valence-corrected chi connectivity index (χ3v) is 17.9. The van der Waals surface area contributed by atoms with Crippen LogP contribution in [0.15, 0.2) is 170 Å². The molecule has 33 heteroatoms. The van der Waals surface area contributed by atoms with Crippen LogP contribution in [0.3, 0.4) is 0 Å². The Hall–Kier alpha value is -14.0. The number of carbonyl (C=O) groups is 6. The molecule has 0 aliphatic carbocycles. The molecule has 0 saturated carbocycles. The number of aromatic hydroxyl groups is 7. The second-order valence-electron chi connectivity index (χ2n) is 27.4. The Morgan fingerprint density at radius 2 is 0.685 bits per heavy atom. The fourth-order valence-corrected chi connectivity index (χ4v) is 12.1. The van der Waals surface area contributed by atoms with Gasteiger partial charge in [0, 0.05) is 97.3 Å². The van der Waals surface area contributed by atoms with E-state index in [0.717, 1.165) is 81.5 Å². The van der Waals surface area contributed by atoms with E-state index in [2.05, 4.69) is 0 Å². The van der Waals surface area contributed by atoms with E-state index in [1.54, 1.807) is 110 Å². The lowest BCUT2D eigenvalue weighted by molar-refractivity contribution is 0.0485. The predicted molar refractivity (Wildman–Crippen MR) is 487 cm³/mol. The summed E-state index contributed by atoms with van der Waals surface area (Å²) in [7, 11) is 18.0. The van der Waals surface area contributed by atoms with E-state index >= 15 is 0 Å². The van der Waals surface area contributed by atoms with Gasteiger partial charge in [-0.3, -0.25) is 28.8 Å². The molecule has 2 heterocycles. The number of carbonyl (C=O) groups excluding carboxylic acids is 6. The van der Waals surface area contributed by atoms with Crippen LogP contribution in [-0.4, -0.2) is 195 Å². The van der Waals surface area contributed by atoms with Crippen LogP contribution in [0.5, 0.6) is 115 Å². The van der Waals surface area contributed by atoms with Gasteiger partial charge in [-0.25, -0.2) is 0 Å². The summed E-state index contributed by atoms with van der Waals surface area (Å²) in [5, 5.41) is 73.1. The van der Waals surface area contributed by atoms with E-state index in [9.17, 15) is 49.2 Å².